The topological polar surface area (TPSA) is 65.1 Å². The van der Waals surface area contributed by atoms with Crippen LogP contribution in [0.2, 0.25) is 10.0 Å². The molecule has 1 aromatic carbocycles. The predicted molar refractivity (Wildman–Crippen MR) is 101 cm³/mol. The minimum absolute atomic E-state index is 0.125. The second-order valence-electron chi connectivity index (χ2n) is 7.17. The number of aryl methyl sites for hydroxylation is 1. The Hall–Kier alpha value is -1.60. The molecule has 0 spiro atoms. The Morgan fingerprint density at radius 3 is 2.52 bits per heavy atom. The van der Waals surface area contributed by atoms with Crippen molar-refractivity contribution in [3.63, 3.8) is 0 Å². The van der Waals surface area contributed by atoms with E-state index in [1.807, 2.05) is 0 Å². The van der Waals surface area contributed by atoms with Crippen molar-refractivity contribution in [2.45, 2.75) is 39.2 Å². The molecule has 3 rings (SSSR count). The number of carbonyl (C=O) groups excluding carboxylic acids is 2. The summed E-state index contributed by atoms with van der Waals surface area (Å²) in [6, 6.07) is 3.26. The van der Waals surface area contributed by atoms with Crippen molar-refractivity contribution in [1.29, 1.82) is 0 Å². The zero-order valence-corrected chi connectivity index (χ0v) is 17.1. The van der Waals surface area contributed by atoms with Gasteiger partial charge < -0.3 is 9.47 Å². The van der Waals surface area contributed by atoms with Gasteiger partial charge in [-0.2, -0.15) is 0 Å². The number of methoxy groups -OCH3 is 1. The quantitative estimate of drug-likeness (QED) is 0.518. The standard InChI is InChI=1S/C19H21Cl2NO5/c1-10-7-12(20)8-13(21)14(10)15-16(27-18(24)11-5-6-11)19(2,3)22(17(15)23)26-9-25-4/h7-8,11H,5-6,9H2,1-4H3. The summed E-state index contributed by atoms with van der Waals surface area (Å²) >= 11 is 12.5. The molecule has 1 saturated carbocycles. The van der Waals surface area contributed by atoms with Gasteiger partial charge in [-0.25, -0.2) is 9.90 Å². The molecule has 1 aromatic rings. The maximum absolute atomic E-state index is 13.2. The van der Waals surface area contributed by atoms with E-state index < -0.39 is 11.4 Å². The van der Waals surface area contributed by atoms with E-state index in [9.17, 15) is 9.59 Å². The number of ether oxygens (including phenoxy) is 2. The van der Waals surface area contributed by atoms with Crippen LogP contribution in [-0.4, -0.2) is 36.4 Å². The molecule has 8 heteroatoms. The Morgan fingerprint density at radius 1 is 1.30 bits per heavy atom. The summed E-state index contributed by atoms with van der Waals surface area (Å²) in [7, 11) is 1.45. The van der Waals surface area contributed by atoms with Gasteiger partial charge in [0.25, 0.3) is 5.91 Å². The third kappa shape index (κ3) is 3.72. The van der Waals surface area contributed by atoms with Crippen LogP contribution >= 0.6 is 23.2 Å². The van der Waals surface area contributed by atoms with E-state index in [0.717, 1.165) is 17.9 Å². The minimum atomic E-state index is -1.02. The molecule has 0 atom stereocenters. The molecular weight excluding hydrogens is 393 g/mol. The molecule has 1 amide bonds. The molecule has 0 unspecified atom stereocenters. The van der Waals surface area contributed by atoms with Crippen LogP contribution in [-0.2, 0) is 23.9 Å². The van der Waals surface area contributed by atoms with E-state index >= 15 is 0 Å². The van der Waals surface area contributed by atoms with Gasteiger partial charge in [-0.3, -0.25) is 9.59 Å². The molecule has 0 aromatic heterocycles. The van der Waals surface area contributed by atoms with Gasteiger partial charge in [0.05, 0.1) is 16.5 Å². The first kappa shape index (κ1) is 20.1. The highest BCUT2D eigenvalue weighted by atomic mass is 35.5. The molecule has 1 aliphatic heterocycles. The average molecular weight is 414 g/mol. The molecule has 27 heavy (non-hydrogen) atoms. The highest BCUT2D eigenvalue weighted by Gasteiger charge is 2.51. The maximum Gasteiger partial charge on any atom is 0.314 e. The lowest BCUT2D eigenvalue weighted by molar-refractivity contribution is -0.239. The monoisotopic (exact) mass is 413 g/mol. The van der Waals surface area contributed by atoms with Gasteiger partial charge in [0.1, 0.15) is 11.3 Å². The number of hydrogen-bond acceptors (Lipinski definition) is 5. The predicted octanol–water partition coefficient (Wildman–Crippen LogP) is 4.12. The van der Waals surface area contributed by atoms with E-state index in [2.05, 4.69) is 0 Å². The van der Waals surface area contributed by atoms with Gasteiger partial charge in [-0.15, -0.1) is 0 Å². The number of carbonyl (C=O) groups is 2. The van der Waals surface area contributed by atoms with Crippen LogP contribution in [0.5, 0.6) is 0 Å². The molecule has 1 fully saturated rings. The second kappa shape index (κ2) is 7.43. The molecule has 0 radical (unpaired) electrons. The maximum atomic E-state index is 13.2. The molecular formula is C19H21Cl2NO5. The zero-order valence-electron chi connectivity index (χ0n) is 15.6. The van der Waals surface area contributed by atoms with E-state index in [4.69, 9.17) is 37.5 Å². The molecule has 6 nitrogen and oxygen atoms in total. The van der Waals surface area contributed by atoms with Gasteiger partial charge >= 0.3 is 5.97 Å². The second-order valence-corrected chi connectivity index (χ2v) is 8.02. The van der Waals surface area contributed by atoms with Crippen molar-refractivity contribution in [3.05, 3.63) is 39.1 Å². The highest BCUT2D eigenvalue weighted by Crippen LogP contribution is 2.45. The van der Waals surface area contributed by atoms with Crippen LogP contribution in [0.15, 0.2) is 17.9 Å². The van der Waals surface area contributed by atoms with Crippen molar-refractivity contribution in [3.8, 4) is 0 Å². The minimum Gasteiger partial charge on any atom is -0.427 e. The Bertz CT molecular complexity index is 806. The van der Waals surface area contributed by atoms with Crippen LogP contribution < -0.4 is 0 Å². The van der Waals surface area contributed by atoms with Crippen molar-refractivity contribution >= 4 is 40.7 Å². The summed E-state index contributed by atoms with van der Waals surface area (Å²) < 4.78 is 10.6. The summed E-state index contributed by atoms with van der Waals surface area (Å²) in [5, 5.41) is 1.91. The summed E-state index contributed by atoms with van der Waals surface area (Å²) in [6.07, 6.45) is 1.58. The number of hydroxylamine groups is 2. The molecule has 0 saturated heterocycles. The van der Waals surface area contributed by atoms with E-state index in [-0.39, 0.29) is 30.0 Å². The summed E-state index contributed by atoms with van der Waals surface area (Å²) in [5.41, 5.74) is 0.344. The zero-order chi connectivity index (χ0) is 19.9. The fourth-order valence-corrected chi connectivity index (χ4v) is 3.78. The van der Waals surface area contributed by atoms with Crippen LogP contribution in [0.1, 0.15) is 37.8 Å². The van der Waals surface area contributed by atoms with E-state index in [1.165, 1.54) is 7.11 Å². The first-order valence-electron chi connectivity index (χ1n) is 8.57. The van der Waals surface area contributed by atoms with Gasteiger partial charge in [-0.1, -0.05) is 23.2 Å². The Morgan fingerprint density at radius 2 is 1.96 bits per heavy atom. The van der Waals surface area contributed by atoms with Gasteiger partial charge in [0.2, 0.25) is 0 Å². The third-order valence-electron chi connectivity index (χ3n) is 4.60. The normalized spacial score (nSPS) is 19.0. The van der Waals surface area contributed by atoms with Crippen LogP contribution in [0.25, 0.3) is 5.57 Å². The summed E-state index contributed by atoms with van der Waals surface area (Å²) in [4.78, 5) is 31.1. The average Bonchev–Trinajstić information content (AvgIpc) is 3.38. The SMILES string of the molecule is COCON1C(=O)C(c2c(C)cc(Cl)cc2Cl)=C(OC(=O)C2CC2)C1(C)C. The fraction of sp³-hybridized carbons (Fsp3) is 0.474. The fourth-order valence-electron chi connectivity index (χ4n) is 3.09. The van der Waals surface area contributed by atoms with E-state index in [1.54, 1.807) is 32.9 Å². The first-order chi connectivity index (χ1) is 12.7. The lowest BCUT2D eigenvalue weighted by Gasteiger charge is -2.31. The van der Waals surface area contributed by atoms with Gasteiger partial charge in [0.15, 0.2) is 6.79 Å². The molecule has 146 valence electrons. The van der Waals surface area contributed by atoms with Gasteiger partial charge in [-0.05, 0) is 51.3 Å². The van der Waals surface area contributed by atoms with Crippen molar-refractivity contribution in [1.82, 2.24) is 5.06 Å². The van der Waals surface area contributed by atoms with Crippen molar-refractivity contribution < 1.29 is 23.9 Å². The molecule has 1 heterocycles. The first-order valence-corrected chi connectivity index (χ1v) is 9.33. The van der Waals surface area contributed by atoms with Crippen LogP contribution in [0.4, 0.5) is 0 Å². The number of amides is 1. The smallest absolute Gasteiger partial charge is 0.314 e. The highest BCUT2D eigenvalue weighted by molar-refractivity contribution is 6.38. The van der Waals surface area contributed by atoms with Crippen molar-refractivity contribution in [2.75, 3.05) is 13.9 Å². The van der Waals surface area contributed by atoms with Crippen LogP contribution in [0.3, 0.4) is 0 Å². The third-order valence-corrected chi connectivity index (χ3v) is 5.12. The Kier molecular flexibility index (Phi) is 5.54. The summed E-state index contributed by atoms with van der Waals surface area (Å²) in [5.74, 6) is -0.712. The van der Waals surface area contributed by atoms with Crippen LogP contribution in [0, 0.1) is 12.8 Å². The molecule has 0 N–H and O–H groups in total. The lowest BCUT2D eigenvalue weighted by atomic mass is 9.96. The van der Waals surface area contributed by atoms with E-state index in [0.29, 0.717) is 21.2 Å². The molecule has 0 bridgehead atoms. The van der Waals surface area contributed by atoms with Crippen molar-refractivity contribution in [2.24, 2.45) is 5.92 Å². The Balaban J connectivity index is 2.14. The Labute approximate surface area is 167 Å². The number of benzene rings is 1. The largest absolute Gasteiger partial charge is 0.427 e. The lowest BCUT2D eigenvalue weighted by Crippen LogP contribution is -2.44. The van der Waals surface area contributed by atoms with Gasteiger partial charge in [0, 0.05) is 17.7 Å². The molecule has 1 aliphatic carbocycles. The number of hydrogen-bond donors (Lipinski definition) is 0. The number of halogens is 2. The molecule has 2 aliphatic rings. The number of esters is 1. The number of rotatable bonds is 6. The number of nitrogens with zero attached hydrogens (tertiary/aromatic N) is 1. The summed E-state index contributed by atoms with van der Waals surface area (Å²) in [6.45, 7) is 5.14.